The molecule has 0 aromatic heterocycles. The van der Waals surface area contributed by atoms with Crippen molar-refractivity contribution in [1.29, 1.82) is 0 Å². The maximum absolute atomic E-state index is 14.2. The Labute approximate surface area is 129 Å². The van der Waals surface area contributed by atoms with Gasteiger partial charge in [-0.2, -0.15) is 0 Å². The van der Waals surface area contributed by atoms with Crippen LogP contribution in [-0.2, 0) is 9.53 Å². The summed E-state index contributed by atoms with van der Waals surface area (Å²) in [5.74, 6) is -0.495. The van der Waals surface area contributed by atoms with Crippen molar-refractivity contribution in [3.05, 3.63) is 34.6 Å². The number of nitrogens with zero attached hydrogens (tertiary/aromatic N) is 1. The molecule has 0 spiro atoms. The zero-order valence-corrected chi connectivity index (χ0v) is 13.0. The van der Waals surface area contributed by atoms with Crippen LogP contribution in [0.3, 0.4) is 0 Å². The Morgan fingerprint density at radius 1 is 1.62 bits per heavy atom. The molecule has 2 rings (SSSR count). The molecule has 0 aliphatic carbocycles. The summed E-state index contributed by atoms with van der Waals surface area (Å²) >= 11 is 6.18. The molecule has 1 N–H and O–H groups in total. The molecule has 1 aliphatic heterocycles. The van der Waals surface area contributed by atoms with Crippen molar-refractivity contribution in [2.24, 2.45) is 0 Å². The second-order valence-corrected chi connectivity index (χ2v) is 5.67. The van der Waals surface area contributed by atoms with E-state index < -0.39 is 0 Å². The number of nitrogens with one attached hydrogen (secondary N) is 1. The SMILES string of the molecule is CC(=O)NC[C@H](c1c(F)cccc1Cl)N1CCO[C@H](C)C1. The van der Waals surface area contributed by atoms with Gasteiger partial charge in [-0.1, -0.05) is 17.7 Å². The number of carbonyl (C=O) groups is 1. The van der Waals surface area contributed by atoms with Gasteiger partial charge in [0.25, 0.3) is 0 Å². The van der Waals surface area contributed by atoms with Gasteiger partial charge in [0.2, 0.25) is 5.91 Å². The Balaban J connectivity index is 2.28. The smallest absolute Gasteiger partial charge is 0.216 e. The summed E-state index contributed by atoms with van der Waals surface area (Å²) < 4.78 is 19.7. The number of morpholine rings is 1. The predicted octanol–water partition coefficient (Wildman–Crippen LogP) is 2.38. The van der Waals surface area contributed by atoms with Gasteiger partial charge in [-0.3, -0.25) is 9.69 Å². The first-order chi connectivity index (χ1) is 9.99. The summed E-state index contributed by atoms with van der Waals surface area (Å²) in [6.45, 7) is 5.69. The number of hydrogen-bond acceptors (Lipinski definition) is 3. The van der Waals surface area contributed by atoms with E-state index in [1.54, 1.807) is 12.1 Å². The Bertz CT molecular complexity index is 492. The van der Waals surface area contributed by atoms with Gasteiger partial charge >= 0.3 is 0 Å². The Morgan fingerprint density at radius 3 is 3.00 bits per heavy atom. The molecule has 1 fully saturated rings. The minimum absolute atomic E-state index is 0.0733. The average Bonchev–Trinajstić information content (AvgIpc) is 2.41. The van der Waals surface area contributed by atoms with Crippen LogP contribution in [0.1, 0.15) is 25.5 Å². The van der Waals surface area contributed by atoms with E-state index in [-0.39, 0.29) is 23.9 Å². The van der Waals surface area contributed by atoms with Crippen molar-refractivity contribution in [2.75, 3.05) is 26.2 Å². The lowest BCUT2D eigenvalue weighted by Crippen LogP contribution is -2.46. The van der Waals surface area contributed by atoms with Gasteiger partial charge in [-0.25, -0.2) is 4.39 Å². The summed E-state index contributed by atoms with van der Waals surface area (Å²) in [5.41, 5.74) is 0.432. The minimum atomic E-state index is -0.350. The number of benzene rings is 1. The number of hydrogen-bond donors (Lipinski definition) is 1. The number of rotatable bonds is 4. The first kappa shape index (κ1) is 16.2. The number of carbonyl (C=O) groups excluding carboxylic acids is 1. The highest BCUT2D eigenvalue weighted by molar-refractivity contribution is 6.31. The largest absolute Gasteiger partial charge is 0.376 e. The van der Waals surface area contributed by atoms with E-state index in [1.165, 1.54) is 13.0 Å². The first-order valence-electron chi connectivity index (χ1n) is 7.03. The van der Waals surface area contributed by atoms with Crippen LogP contribution < -0.4 is 5.32 Å². The van der Waals surface area contributed by atoms with Crippen LogP contribution in [0, 0.1) is 5.82 Å². The molecular weight excluding hydrogens is 295 g/mol. The lowest BCUT2D eigenvalue weighted by molar-refractivity contribution is -0.119. The third-order valence-corrected chi connectivity index (χ3v) is 3.92. The molecule has 6 heteroatoms. The normalized spacial score (nSPS) is 21.0. The van der Waals surface area contributed by atoms with Gasteiger partial charge in [0, 0.05) is 37.1 Å². The molecule has 0 bridgehead atoms. The van der Waals surface area contributed by atoms with Gasteiger partial charge < -0.3 is 10.1 Å². The molecule has 1 aromatic rings. The first-order valence-corrected chi connectivity index (χ1v) is 7.41. The minimum Gasteiger partial charge on any atom is -0.376 e. The number of ether oxygens (including phenoxy) is 1. The molecule has 1 heterocycles. The van der Waals surface area contributed by atoms with Gasteiger partial charge in [-0.05, 0) is 19.1 Å². The van der Waals surface area contributed by atoms with Crippen LogP contribution in [0.25, 0.3) is 0 Å². The summed E-state index contributed by atoms with van der Waals surface area (Å²) in [4.78, 5) is 13.3. The molecule has 1 amide bonds. The van der Waals surface area contributed by atoms with Crippen molar-refractivity contribution >= 4 is 17.5 Å². The number of amides is 1. The van der Waals surface area contributed by atoms with E-state index in [0.717, 1.165) is 0 Å². The molecule has 1 saturated heterocycles. The highest BCUT2D eigenvalue weighted by Crippen LogP contribution is 2.30. The van der Waals surface area contributed by atoms with Crippen LogP contribution >= 0.6 is 11.6 Å². The maximum atomic E-state index is 14.2. The van der Waals surface area contributed by atoms with Crippen molar-refractivity contribution in [3.63, 3.8) is 0 Å². The molecule has 4 nitrogen and oxygen atoms in total. The topological polar surface area (TPSA) is 41.6 Å². The van der Waals surface area contributed by atoms with Crippen molar-refractivity contribution in [1.82, 2.24) is 10.2 Å². The zero-order valence-electron chi connectivity index (χ0n) is 12.2. The van der Waals surface area contributed by atoms with E-state index in [0.29, 0.717) is 36.8 Å². The maximum Gasteiger partial charge on any atom is 0.216 e. The fourth-order valence-corrected chi connectivity index (χ4v) is 2.90. The van der Waals surface area contributed by atoms with Crippen LogP contribution in [-0.4, -0.2) is 43.2 Å². The predicted molar refractivity (Wildman–Crippen MR) is 79.8 cm³/mol. The molecular formula is C15H20ClFN2O2. The van der Waals surface area contributed by atoms with Crippen LogP contribution in [0.4, 0.5) is 4.39 Å². The van der Waals surface area contributed by atoms with Crippen molar-refractivity contribution in [2.45, 2.75) is 26.0 Å². The fraction of sp³-hybridized carbons (Fsp3) is 0.533. The summed E-state index contributed by atoms with van der Waals surface area (Å²) in [6, 6.07) is 4.35. The lowest BCUT2D eigenvalue weighted by Gasteiger charge is -2.38. The molecule has 2 atom stereocenters. The van der Waals surface area contributed by atoms with Crippen molar-refractivity contribution < 1.29 is 13.9 Å². The van der Waals surface area contributed by atoms with E-state index in [4.69, 9.17) is 16.3 Å². The second kappa shape index (κ2) is 7.20. The van der Waals surface area contributed by atoms with E-state index >= 15 is 0 Å². The Kier molecular flexibility index (Phi) is 5.56. The Morgan fingerprint density at radius 2 is 2.38 bits per heavy atom. The van der Waals surface area contributed by atoms with Gasteiger partial charge in [0.1, 0.15) is 5.82 Å². The van der Waals surface area contributed by atoms with Gasteiger partial charge in [0.05, 0.1) is 18.8 Å². The third-order valence-electron chi connectivity index (χ3n) is 3.59. The third kappa shape index (κ3) is 4.15. The number of halogens is 2. The van der Waals surface area contributed by atoms with Crippen LogP contribution in [0.2, 0.25) is 5.02 Å². The quantitative estimate of drug-likeness (QED) is 0.928. The molecule has 0 saturated carbocycles. The summed E-state index contributed by atoms with van der Waals surface area (Å²) in [7, 11) is 0. The summed E-state index contributed by atoms with van der Waals surface area (Å²) in [6.07, 6.45) is 0.0733. The van der Waals surface area contributed by atoms with Crippen LogP contribution in [0.5, 0.6) is 0 Å². The van der Waals surface area contributed by atoms with E-state index in [2.05, 4.69) is 10.2 Å². The van der Waals surface area contributed by atoms with Gasteiger partial charge in [-0.15, -0.1) is 0 Å². The average molecular weight is 315 g/mol. The molecule has 116 valence electrons. The van der Waals surface area contributed by atoms with Crippen LogP contribution in [0.15, 0.2) is 18.2 Å². The van der Waals surface area contributed by atoms with Gasteiger partial charge in [0.15, 0.2) is 0 Å². The second-order valence-electron chi connectivity index (χ2n) is 5.26. The lowest BCUT2D eigenvalue weighted by atomic mass is 10.0. The summed E-state index contributed by atoms with van der Waals surface area (Å²) in [5, 5.41) is 3.14. The van der Waals surface area contributed by atoms with E-state index in [1.807, 2.05) is 6.92 Å². The highest BCUT2D eigenvalue weighted by Gasteiger charge is 2.29. The molecule has 0 unspecified atom stereocenters. The van der Waals surface area contributed by atoms with E-state index in [9.17, 15) is 9.18 Å². The molecule has 21 heavy (non-hydrogen) atoms. The molecule has 1 aromatic carbocycles. The van der Waals surface area contributed by atoms with Crippen molar-refractivity contribution in [3.8, 4) is 0 Å². The zero-order chi connectivity index (χ0) is 15.4. The monoisotopic (exact) mass is 314 g/mol. The molecule has 1 aliphatic rings. The molecule has 0 radical (unpaired) electrons. The fourth-order valence-electron chi connectivity index (χ4n) is 2.61. The Hall–Kier alpha value is -1.17. The highest BCUT2D eigenvalue weighted by atomic mass is 35.5. The standard InChI is InChI=1S/C15H20ClFN2O2/c1-10-9-19(6-7-21-10)14(8-18-11(2)20)15-12(16)4-3-5-13(15)17/h3-5,10,14H,6-9H2,1-2H3,(H,18,20)/t10-,14-/m1/s1.